The second kappa shape index (κ2) is 3.73. The molecule has 0 atom stereocenters. The van der Waals surface area contributed by atoms with Crippen molar-refractivity contribution in [3.05, 3.63) is 30.5 Å². The maximum Gasteiger partial charge on any atom is 0.390 e. The first-order chi connectivity index (χ1) is 7.47. The molecule has 0 unspecified atom stereocenters. The van der Waals surface area contributed by atoms with Gasteiger partial charge in [0.05, 0.1) is 11.9 Å². The number of aryl methyl sites for hydroxylation is 1. The zero-order valence-electron chi connectivity index (χ0n) is 8.46. The lowest BCUT2D eigenvalue weighted by Gasteiger charge is -2.08. The van der Waals surface area contributed by atoms with E-state index in [4.69, 9.17) is 5.73 Å². The predicted octanol–water partition coefficient (Wildman–Crippen LogP) is 3.18. The van der Waals surface area contributed by atoms with E-state index in [0.29, 0.717) is 5.69 Å². The van der Waals surface area contributed by atoms with E-state index < -0.39 is 12.6 Å². The summed E-state index contributed by atoms with van der Waals surface area (Å²) in [5.74, 6) is 0. The second-order valence-corrected chi connectivity index (χ2v) is 3.65. The SMILES string of the molecule is Nc1cccc2c1ccn2CCC(F)(F)F. The van der Waals surface area contributed by atoms with Crippen LogP contribution in [0.4, 0.5) is 18.9 Å². The predicted molar refractivity (Wildman–Crippen MR) is 57.0 cm³/mol. The molecule has 0 amide bonds. The summed E-state index contributed by atoms with van der Waals surface area (Å²) in [5.41, 5.74) is 7.04. The number of alkyl halides is 3. The Kier molecular flexibility index (Phi) is 2.53. The fourth-order valence-electron chi connectivity index (χ4n) is 1.69. The summed E-state index contributed by atoms with van der Waals surface area (Å²) in [6.45, 7) is -0.0730. The lowest BCUT2D eigenvalue weighted by Crippen LogP contribution is -2.11. The van der Waals surface area contributed by atoms with Crippen molar-refractivity contribution >= 4 is 16.6 Å². The number of halogens is 3. The van der Waals surface area contributed by atoms with E-state index in [9.17, 15) is 13.2 Å². The highest BCUT2D eigenvalue weighted by Crippen LogP contribution is 2.25. The molecule has 0 aliphatic rings. The van der Waals surface area contributed by atoms with Crippen molar-refractivity contribution in [1.82, 2.24) is 4.57 Å². The van der Waals surface area contributed by atoms with Gasteiger partial charge in [0.2, 0.25) is 0 Å². The number of aromatic nitrogens is 1. The van der Waals surface area contributed by atoms with Gasteiger partial charge in [-0.25, -0.2) is 0 Å². The smallest absolute Gasteiger partial charge is 0.390 e. The van der Waals surface area contributed by atoms with Crippen molar-refractivity contribution in [3.8, 4) is 0 Å². The number of nitrogen functional groups attached to an aromatic ring is 1. The number of nitrogens with two attached hydrogens (primary N) is 1. The zero-order chi connectivity index (χ0) is 11.8. The molecule has 1 aromatic heterocycles. The number of benzene rings is 1. The third-order valence-electron chi connectivity index (χ3n) is 2.48. The fraction of sp³-hybridized carbons (Fsp3) is 0.273. The molecular weight excluding hydrogens is 217 g/mol. The lowest BCUT2D eigenvalue weighted by molar-refractivity contribution is -0.136. The Bertz CT molecular complexity index is 499. The molecule has 1 heterocycles. The number of rotatable bonds is 2. The van der Waals surface area contributed by atoms with Gasteiger partial charge in [-0.3, -0.25) is 0 Å². The molecule has 16 heavy (non-hydrogen) atoms. The minimum Gasteiger partial charge on any atom is -0.398 e. The quantitative estimate of drug-likeness (QED) is 0.786. The normalized spacial score (nSPS) is 12.2. The Morgan fingerprint density at radius 1 is 1.19 bits per heavy atom. The minimum atomic E-state index is -4.13. The van der Waals surface area contributed by atoms with Gasteiger partial charge < -0.3 is 10.3 Å². The van der Waals surface area contributed by atoms with Gasteiger partial charge in [-0.15, -0.1) is 0 Å². The molecule has 0 aliphatic heterocycles. The van der Waals surface area contributed by atoms with Gasteiger partial charge in [-0.1, -0.05) is 6.07 Å². The Balaban J connectivity index is 2.29. The first kappa shape index (κ1) is 10.9. The van der Waals surface area contributed by atoms with Gasteiger partial charge in [-0.05, 0) is 18.2 Å². The van der Waals surface area contributed by atoms with Crippen LogP contribution in [0, 0.1) is 0 Å². The van der Waals surface area contributed by atoms with Gasteiger partial charge in [0.1, 0.15) is 0 Å². The molecule has 0 aliphatic carbocycles. The van der Waals surface area contributed by atoms with Crippen LogP contribution in [-0.4, -0.2) is 10.7 Å². The van der Waals surface area contributed by atoms with Crippen LogP contribution in [-0.2, 0) is 6.54 Å². The van der Waals surface area contributed by atoms with Gasteiger partial charge in [0.15, 0.2) is 0 Å². The second-order valence-electron chi connectivity index (χ2n) is 3.65. The van der Waals surface area contributed by atoms with E-state index in [-0.39, 0.29) is 6.54 Å². The lowest BCUT2D eigenvalue weighted by atomic mass is 10.2. The van der Waals surface area contributed by atoms with Crippen LogP contribution in [0.1, 0.15) is 6.42 Å². The van der Waals surface area contributed by atoms with Crippen LogP contribution < -0.4 is 5.73 Å². The topological polar surface area (TPSA) is 30.9 Å². The maximum absolute atomic E-state index is 12.1. The standard InChI is InChI=1S/C11H11F3N2/c12-11(13,14)5-7-16-6-4-8-9(15)2-1-3-10(8)16/h1-4,6H,5,7,15H2. The summed E-state index contributed by atoms with van der Waals surface area (Å²) < 4.78 is 37.8. The summed E-state index contributed by atoms with van der Waals surface area (Å²) in [5, 5.41) is 0.796. The van der Waals surface area contributed by atoms with Gasteiger partial charge in [0, 0.05) is 23.8 Å². The van der Waals surface area contributed by atoms with E-state index in [1.807, 2.05) is 0 Å². The van der Waals surface area contributed by atoms with E-state index in [2.05, 4.69) is 0 Å². The Hall–Kier alpha value is -1.65. The summed E-state index contributed by atoms with van der Waals surface area (Å²) in [4.78, 5) is 0. The molecule has 2 nitrogen and oxygen atoms in total. The Labute approximate surface area is 90.5 Å². The molecule has 5 heteroatoms. The van der Waals surface area contributed by atoms with Crippen LogP contribution in [0.15, 0.2) is 30.5 Å². The van der Waals surface area contributed by atoms with Crippen LogP contribution in [0.3, 0.4) is 0 Å². The van der Waals surface area contributed by atoms with Gasteiger partial charge in [-0.2, -0.15) is 13.2 Å². The monoisotopic (exact) mass is 228 g/mol. The van der Waals surface area contributed by atoms with Crippen molar-refractivity contribution in [2.24, 2.45) is 0 Å². The highest BCUT2D eigenvalue weighted by Gasteiger charge is 2.26. The number of anilines is 1. The van der Waals surface area contributed by atoms with E-state index in [1.54, 1.807) is 35.0 Å². The Morgan fingerprint density at radius 3 is 2.62 bits per heavy atom. The molecule has 0 saturated carbocycles. The van der Waals surface area contributed by atoms with Crippen LogP contribution in [0.2, 0.25) is 0 Å². The third kappa shape index (κ3) is 2.13. The number of hydrogen-bond acceptors (Lipinski definition) is 1. The average molecular weight is 228 g/mol. The van der Waals surface area contributed by atoms with Crippen molar-refractivity contribution in [2.75, 3.05) is 5.73 Å². The van der Waals surface area contributed by atoms with Crippen LogP contribution in [0.5, 0.6) is 0 Å². The molecule has 1 aromatic carbocycles. The minimum absolute atomic E-state index is 0.0730. The van der Waals surface area contributed by atoms with Crippen molar-refractivity contribution in [1.29, 1.82) is 0 Å². The maximum atomic E-state index is 12.1. The van der Waals surface area contributed by atoms with E-state index in [1.165, 1.54) is 0 Å². The van der Waals surface area contributed by atoms with Gasteiger partial charge in [0.25, 0.3) is 0 Å². The molecule has 0 radical (unpaired) electrons. The highest BCUT2D eigenvalue weighted by molar-refractivity contribution is 5.91. The van der Waals surface area contributed by atoms with Crippen LogP contribution >= 0.6 is 0 Å². The largest absolute Gasteiger partial charge is 0.398 e. The molecule has 2 rings (SSSR count). The molecule has 2 aromatic rings. The molecule has 0 fully saturated rings. The molecule has 0 spiro atoms. The summed E-state index contributed by atoms with van der Waals surface area (Å²) in [6.07, 6.45) is -3.32. The highest BCUT2D eigenvalue weighted by atomic mass is 19.4. The van der Waals surface area contributed by atoms with Crippen molar-refractivity contribution < 1.29 is 13.2 Å². The van der Waals surface area contributed by atoms with Crippen molar-refractivity contribution in [3.63, 3.8) is 0 Å². The van der Waals surface area contributed by atoms with E-state index in [0.717, 1.165) is 10.9 Å². The zero-order valence-corrected chi connectivity index (χ0v) is 8.46. The fourth-order valence-corrected chi connectivity index (χ4v) is 1.69. The van der Waals surface area contributed by atoms with Crippen LogP contribution in [0.25, 0.3) is 10.9 Å². The van der Waals surface area contributed by atoms with E-state index >= 15 is 0 Å². The molecule has 0 bridgehead atoms. The molecule has 86 valence electrons. The summed E-state index contributed by atoms with van der Waals surface area (Å²) in [6, 6.07) is 6.97. The first-order valence-electron chi connectivity index (χ1n) is 4.87. The average Bonchev–Trinajstić information content (AvgIpc) is 2.58. The number of hydrogen-bond donors (Lipinski definition) is 1. The Morgan fingerprint density at radius 2 is 1.94 bits per heavy atom. The number of nitrogens with zero attached hydrogens (tertiary/aromatic N) is 1. The third-order valence-corrected chi connectivity index (χ3v) is 2.48. The molecular formula is C11H11F3N2. The summed E-state index contributed by atoms with van der Waals surface area (Å²) >= 11 is 0. The first-order valence-corrected chi connectivity index (χ1v) is 4.87. The van der Waals surface area contributed by atoms with Crippen molar-refractivity contribution in [2.45, 2.75) is 19.1 Å². The van der Waals surface area contributed by atoms with Gasteiger partial charge >= 0.3 is 6.18 Å². The summed E-state index contributed by atoms with van der Waals surface area (Å²) in [7, 11) is 0. The molecule has 2 N–H and O–H groups in total. The molecule has 0 saturated heterocycles. The number of fused-ring (bicyclic) bond motifs is 1.